The van der Waals surface area contributed by atoms with Gasteiger partial charge in [-0.25, -0.2) is 13.1 Å². The molecule has 1 fully saturated rings. The van der Waals surface area contributed by atoms with E-state index in [0.29, 0.717) is 73.3 Å². The molecule has 2 amide bonds. The van der Waals surface area contributed by atoms with Gasteiger partial charge in [0, 0.05) is 66.8 Å². The minimum atomic E-state index is -4.50. The Kier molecular flexibility index (Phi) is 12.7. The minimum Gasteiger partial charge on any atom is -0.492 e. The number of thioether (sulfide) groups is 1. The van der Waals surface area contributed by atoms with Crippen molar-refractivity contribution in [3.63, 3.8) is 0 Å². The van der Waals surface area contributed by atoms with Gasteiger partial charge in [0.2, 0.25) is 0 Å². The number of carbonyl (C=O) groups excluding carboxylic acids is 2. The van der Waals surface area contributed by atoms with E-state index < -0.39 is 31.4 Å². The second kappa shape index (κ2) is 18.2. The Morgan fingerprint density at radius 1 is 0.929 bits per heavy atom. The third-order valence-corrected chi connectivity index (χ3v) is 10.8. The van der Waals surface area contributed by atoms with Crippen LogP contribution in [0.4, 0.5) is 17.2 Å². The summed E-state index contributed by atoms with van der Waals surface area (Å²) in [5, 5.41) is 22.9. The summed E-state index contributed by atoms with van der Waals surface area (Å²) >= 11 is 1.57. The fourth-order valence-corrected chi connectivity index (χ4v) is 7.43. The van der Waals surface area contributed by atoms with Crippen LogP contribution in [0.3, 0.4) is 0 Å². The molecule has 2 N–H and O–H groups in total. The standard InChI is InChI=1S/C39H36N8O7S2/c1-2-54-30-24-28(26-40-27-30)12-13-29-8-6-7-11-33(29)39(49)46-21-19-45(20-22-46)37-17-16-35(42-43-37)38(48)44-56(52,53)32-14-15-34(36(25-32)47(50)51)41-18-23-55-31-9-4-3-5-10-31/h3-11,14-17,24-27,41H,2,18-23H2,1H3,(H,44,48). The van der Waals surface area contributed by atoms with E-state index in [1.807, 2.05) is 52.9 Å². The normalized spacial score (nSPS) is 12.6. The van der Waals surface area contributed by atoms with E-state index in [1.54, 1.807) is 53.3 Å². The molecule has 0 atom stereocenters. The Hall–Kier alpha value is -6.51. The SMILES string of the molecule is CCOc1cncc(C#Cc2ccccc2C(=O)N2CCN(c3ccc(C(=O)NS(=O)(=O)c4ccc(NCCSc5ccccc5)c([N+](=O)[O-])c4)nn3)CC2)c1. The van der Waals surface area contributed by atoms with Gasteiger partial charge in [0.25, 0.3) is 27.5 Å². The highest BCUT2D eigenvalue weighted by molar-refractivity contribution is 7.99. The molecule has 286 valence electrons. The molecule has 1 aliphatic heterocycles. The number of benzene rings is 3. The van der Waals surface area contributed by atoms with E-state index in [2.05, 4.69) is 32.3 Å². The second-order valence-corrected chi connectivity index (χ2v) is 15.0. The number of nitro benzene ring substituents is 1. The van der Waals surface area contributed by atoms with Crippen LogP contribution >= 0.6 is 11.8 Å². The van der Waals surface area contributed by atoms with Crippen LogP contribution in [-0.4, -0.2) is 90.3 Å². The number of hydrogen-bond donors (Lipinski definition) is 2. The molecule has 0 aliphatic carbocycles. The highest BCUT2D eigenvalue weighted by Crippen LogP contribution is 2.28. The van der Waals surface area contributed by atoms with Crippen LogP contribution in [-0.2, 0) is 10.0 Å². The second-order valence-electron chi connectivity index (χ2n) is 12.2. The summed E-state index contributed by atoms with van der Waals surface area (Å²) in [6.07, 6.45) is 3.24. The first-order valence-corrected chi connectivity index (χ1v) is 19.9. The molecule has 0 radical (unpaired) electrons. The van der Waals surface area contributed by atoms with Crippen LogP contribution < -0.4 is 19.7 Å². The molecule has 0 spiro atoms. The summed E-state index contributed by atoms with van der Waals surface area (Å²) in [6, 6.07) is 24.8. The number of sulfonamides is 1. The van der Waals surface area contributed by atoms with E-state index in [9.17, 15) is 28.1 Å². The number of rotatable bonds is 13. The zero-order valence-electron chi connectivity index (χ0n) is 30.1. The van der Waals surface area contributed by atoms with Crippen molar-refractivity contribution in [2.45, 2.75) is 16.7 Å². The monoisotopic (exact) mass is 792 g/mol. The van der Waals surface area contributed by atoms with E-state index in [1.165, 1.54) is 24.3 Å². The van der Waals surface area contributed by atoms with Gasteiger partial charge in [-0.05, 0) is 61.5 Å². The third-order valence-electron chi connectivity index (χ3n) is 8.43. The Morgan fingerprint density at radius 2 is 1.70 bits per heavy atom. The number of anilines is 2. The Balaban J connectivity index is 1.03. The minimum absolute atomic E-state index is 0.147. The van der Waals surface area contributed by atoms with Crippen molar-refractivity contribution in [3.05, 3.63) is 136 Å². The molecular formula is C39H36N8O7S2. The van der Waals surface area contributed by atoms with E-state index >= 15 is 0 Å². The van der Waals surface area contributed by atoms with Crippen LogP contribution in [0.1, 0.15) is 38.9 Å². The molecule has 2 aromatic heterocycles. The van der Waals surface area contributed by atoms with E-state index in [0.717, 1.165) is 11.0 Å². The Labute approximate surface area is 327 Å². The first-order chi connectivity index (χ1) is 27.1. The van der Waals surface area contributed by atoms with Gasteiger partial charge in [0.05, 0.1) is 28.2 Å². The summed E-state index contributed by atoms with van der Waals surface area (Å²) < 4.78 is 33.6. The van der Waals surface area contributed by atoms with Crippen molar-refractivity contribution in [3.8, 4) is 17.6 Å². The number of hydrogen-bond acceptors (Lipinski definition) is 13. The molecule has 3 aromatic carbocycles. The van der Waals surface area contributed by atoms with Gasteiger partial charge >= 0.3 is 0 Å². The quantitative estimate of drug-likeness (QED) is 0.0541. The lowest BCUT2D eigenvalue weighted by Crippen LogP contribution is -2.49. The molecule has 56 heavy (non-hydrogen) atoms. The number of nitrogens with one attached hydrogen (secondary N) is 2. The molecular weight excluding hydrogens is 757 g/mol. The predicted molar refractivity (Wildman–Crippen MR) is 211 cm³/mol. The van der Waals surface area contributed by atoms with Crippen LogP contribution in [0.2, 0.25) is 0 Å². The van der Waals surface area contributed by atoms with Crippen LogP contribution in [0.15, 0.2) is 113 Å². The maximum absolute atomic E-state index is 13.6. The van der Waals surface area contributed by atoms with Gasteiger partial charge in [-0.2, -0.15) is 0 Å². The van der Waals surface area contributed by atoms with Crippen molar-refractivity contribution >= 4 is 50.8 Å². The molecule has 3 heterocycles. The van der Waals surface area contributed by atoms with Crippen molar-refractivity contribution in [2.75, 3.05) is 55.3 Å². The maximum Gasteiger partial charge on any atom is 0.293 e. The average molecular weight is 793 g/mol. The van der Waals surface area contributed by atoms with Crippen LogP contribution in [0, 0.1) is 22.0 Å². The highest BCUT2D eigenvalue weighted by Gasteiger charge is 2.27. The lowest BCUT2D eigenvalue weighted by molar-refractivity contribution is -0.384. The summed E-state index contributed by atoms with van der Waals surface area (Å²) in [7, 11) is -4.50. The summed E-state index contributed by atoms with van der Waals surface area (Å²) in [5.74, 6) is 6.60. The largest absolute Gasteiger partial charge is 0.492 e. The van der Waals surface area contributed by atoms with Gasteiger partial charge in [-0.15, -0.1) is 22.0 Å². The first kappa shape index (κ1) is 39.2. The zero-order chi connectivity index (χ0) is 39.5. The molecule has 15 nitrogen and oxygen atoms in total. The summed E-state index contributed by atoms with van der Waals surface area (Å²) in [5.41, 5.74) is 1.14. The van der Waals surface area contributed by atoms with Crippen LogP contribution in [0.25, 0.3) is 0 Å². The van der Waals surface area contributed by atoms with Crippen molar-refractivity contribution in [1.82, 2.24) is 24.8 Å². The number of aromatic nitrogens is 3. The molecule has 6 rings (SSSR count). The smallest absolute Gasteiger partial charge is 0.293 e. The van der Waals surface area contributed by atoms with Gasteiger partial charge in [0.1, 0.15) is 11.4 Å². The van der Waals surface area contributed by atoms with E-state index in [4.69, 9.17) is 4.74 Å². The zero-order valence-corrected chi connectivity index (χ0v) is 31.8. The number of carbonyl (C=O) groups is 2. The van der Waals surface area contributed by atoms with Gasteiger partial charge in [-0.3, -0.25) is 24.7 Å². The molecule has 1 aliphatic rings. The first-order valence-electron chi connectivity index (χ1n) is 17.5. The number of nitro groups is 1. The molecule has 1 saturated heterocycles. The fourth-order valence-electron chi connectivity index (χ4n) is 5.66. The number of piperazine rings is 1. The fraction of sp³-hybridized carbons (Fsp3) is 0.205. The van der Waals surface area contributed by atoms with Gasteiger partial charge in [-0.1, -0.05) is 42.2 Å². The number of pyridine rings is 1. The lowest BCUT2D eigenvalue weighted by atomic mass is 10.1. The molecule has 0 unspecified atom stereocenters. The number of ether oxygens (including phenoxy) is 1. The molecule has 5 aromatic rings. The summed E-state index contributed by atoms with van der Waals surface area (Å²) in [4.78, 5) is 46.0. The topological polar surface area (TPSA) is 190 Å². The Morgan fingerprint density at radius 3 is 2.43 bits per heavy atom. The van der Waals surface area contributed by atoms with Crippen molar-refractivity contribution in [2.24, 2.45) is 0 Å². The highest BCUT2D eigenvalue weighted by atomic mass is 32.2. The third kappa shape index (κ3) is 9.96. The molecule has 0 saturated carbocycles. The Bertz CT molecular complexity index is 2380. The van der Waals surface area contributed by atoms with Gasteiger partial charge < -0.3 is 19.9 Å². The van der Waals surface area contributed by atoms with E-state index in [-0.39, 0.29) is 17.3 Å². The predicted octanol–water partition coefficient (Wildman–Crippen LogP) is 4.86. The van der Waals surface area contributed by atoms with Gasteiger partial charge in [0.15, 0.2) is 11.5 Å². The molecule has 17 heteroatoms. The molecule has 0 bridgehead atoms. The maximum atomic E-state index is 13.6. The summed E-state index contributed by atoms with van der Waals surface area (Å²) in [6.45, 7) is 4.41. The van der Waals surface area contributed by atoms with Crippen molar-refractivity contribution in [1.29, 1.82) is 0 Å². The number of nitrogens with zero attached hydrogens (tertiary/aromatic N) is 6. The van der Waals surface area contributed by atoms with Crippen molar-refractivity contribution < 1.29 is 27.7 Å². The number of amides is 2. The average Bonchev–Trinajstić information content (AvgIpc) is 3.22. The lowest BCUT2D eigenvalue weighted by Gasteiger charge is -2.35. The van der Waals surface area contributed by atoms with Crippen LogP contribution in [0.5, 0.6) is 5.75 Å².